The molecule has 1 amide bonds. The Morgan fingerprint density at radius 3 is 2.78 bits per heavy atom. The number of halogens is 1. The molecule has 1 aromatic carbocycles. The second-order valence-electron chi connectivity index (χ2n) is 10.6. The molecule has 4 heterocycles. The van der Waals surface area contributed by atoms with E-state index in [9.17, 15) is 9.18 Å². The van der Waals surface area contributed by atoms with Crippen molar-refractivity contribution in [3.8, 4) is 11.3 Å². The number of aromatic nitrogens is 3. The lowest BCUT2D eigenvalue weighted by atomic mass is 9.78. The highest BCUT2D eigenvalue weighted by Gasteiger charge is 2.51. The molecule has 1 atom stereocenters. The lowest BCUT2D eigenvalue weighted by Gasteiger charge is -2.48. The Balaban J connectivity index is 1.12. The number of benzene rings is 1. The molecule has 9 heteroatoms. The zero-order valence-corrected chi connectivity index (χ0v) is 21.0. The van der Waals surface area contributed by atoms with Crippen molar-refractivity contribution < 1.29 is 13.9 Å². The van der Waals surface area contributed by atoms with Crippen molar-refractivity contribution in [3.63, 3.8) is 0 Å². The predicted molar refractivity (Wildman–Crippen MR) is 136 cm³/mol. The van der Waals surface area contributed by atoms with Crippen LogP contribution in [-0.4, -0.2) is 82.6 Å². The van der Waals surface area contributed by atoms with Crippen LogP contribution >= 0.6 is 0 Å². The average Bonchev–Trinajstić information content (AvgIpc) is 3.46. The van der Waals surface area contributed by atoms with Gasteiger partial charge >= 0.3 is 6.09 Å². The summed E-state index contributed by atoms with van der Waals surface area (Å²) in [6, 6.07) is 8.28. The number of anilines is 1. The maximum Gasteiger partial charge on any atom is 0.409 e. The highest BCUT2D eigenvalue weighted by atomic mass is 19.1. The first kappa shape index (κ1) is 23.2. The fourth-order valence-corrected chi connectivity index (χ4v) is 6.39. The molecule has 2 aliphatic heterocycles. The number of nitrogens with zero attached hydrogens (tertiary/aromatic N) is 6. The molecule has 0 N–H and O–H groups in total. The van der Waals surface area contributed by atoms with Crippen LogP contribution in [0, 0.1) is 11.2 Å². The number of rotatable bonds is 4. The lowest BCUT2D eigenvalue weighted by molar-refractivity contribution is -0.00294. The summed E-state index contributed by atoms with van der Waals surface area (Å²) >= 11 is 0. The Kier molecular flexibility index (Phi) is 5.82. The number of piperazine rings is 1. The molecule has 0 radical (unpaired) electrons. The average molecular weight is 493 g/mol. The predicted octanol–water partition coefficient (Wildman–Crippen LogP) is 3.91. The highest BCUT2D eigenvalue weighted by molar-refractivity contribution is 5.86. The van der Waals surface area contributed by atoms with Crippen LogP contribution in [0.5, 0.6) is 0 Å². The Morgan fingerprint density at radius 1 is 1.19 bits per heavy atom. The van der Waals surface area contributed by atoms with Gasteiger partial charge in [0, 0.05) is 81.0 Å². The summed E-state index contributed by atoms with van der Waals surface area (Å²) in [6.07, 6.45) is 6.59. The minimum absolute atomic E-state index is 0.179. The van der Waals surface area contributed by atoms with Crippen LogP contribution in [0.2, 0.25) is 0 Å². The number of carbonyl (C=O) groups is 1. The largest absolute Gasteiger partial charge is 0.450 e. The van der Waals surface area contributed by atoms with E-state index in [1.807, 2.05) is 43.3 Å². The summed E-state index contributed by atoms with van der Waals surface area (Å²) in [4.78, 5) is 23.2. The number of fused-ring (bicyclic) bond motifs is 1. The summed E-state index contributed by atoms with van der Waals surface area (Å²) in [5, 5.41) is 5.60. The molecule has 6 rings (SSSR count). The Labute approximate surface area is 210 Å². The van der Waals surface area contributed by atoms with Crippen LogP contribution in [0.1, 0.15) is 26.2 Å². The van der Waals surface area contributed by atoms with E-state index in [0.29, 0.717) is 12.6 Å². The molecular weight excluding hydrogens is 459 g/mol. The van der Waals surface area contributed by atoms with E-state index in [-0.39, 0.29) is 17.3 Å². The van der Waals surface area contributed by atoms with E-state index in [4.69, 9.17) is 4.74 Å². The first-order chi connectivity index (χ1) is 17.4. The SMILES string of the molecule is CCOC(=O)N1CC2(CC[C@@H](N3CCN(c4cc(F)cnc4-c4ccc5cn(C)nc5c4)CC3)C2)C1. The summed E-state index contributed by atoms with van der Waals surface area (Å²) in [5.41, 5.74) is 3.76. The number of carbonyl (C=O) groups excluding carboxylic acids is 1. The molecule has 3 fully saturated rings. The molecule has 3 aliphatic rings. The number of ether oxygens (including phenoxy) is 1. The molecule has 0 unspecified atom stereocenters. The molecule has 1 spiro atoms. The number of likely N-dealkylation sites (tertiary alicyclic amines) is 1. The minimum atomic E-state index is -0.316. The summed E-state index contributed by atoms with van der Waals surface area (Å²) < 4.78 is 21.3. The van der Waals surface area contributed by atoms with E-state index in [1.165, 1.54) is 19.0 Å². The highest BCUT2D eigenvalue weighted by Crippen LogP contribution is 2.47. The second kappa shape index (κ2) is 9.03. The van der Waals surface area contributed by atoms with Crippen molar-refractivity contribution in [1.82, 2.24) is 24.6 Å². The second-order valence-corrected chi connectivity index (χ2v) is 10.6. The van der Waals surface area contributed by atoms with E-state index >= 15 is 0 Å². The third-order valence-corrected chi connectivity index (χ3v) is 8.16. The Morgan fingerprint density at radius 2 is 2.00 bits per heavy atom. The molecule has 1 saturated carbocycles. The van der Waals surface area contributed by atoms with Crippen LogP contribution < -0.4 is 4.90 Å². The van der Waals surface area contributed by atoms with Crippen molar-refractivity contribution >= 4 is 22.7 Å². The third-order valence-electron chi connectivity index (χ3n) is 8.16. The number of amides is 1. The normalized spacial score (nSPS) is 21.8. The number of hydrogen-bond acceptors (Lipinski definition) is 6. The van der Waals surface area contributed by atoms with Gasteiger partial charge < -0.3 is 14.5 Å². The molecule has 36 heavy (non-hydrogen) atoms. The molecule has 3 aromatic rings. The Bertz CT molecular complexity index is 1280. The molecular formula is C27H33FN6O2. The van der Waals surface area contributed by atoms with E-state index in [2.05, 4.69) is 19.9 Å². The van der Waals surface area contributed by atoms with Crippen LogP contribution in [-0.2, 0) is 11.8 Å². The molecule has 0 bridgehead atoms. The van der Waals surface area contributed by atoms with Crippen molar-refractivity contribution in [2.75, 3.05) is 50.8 Å². The van der Waals surface area contributed by atoms with Gasteiger partial charge in [0.25, 0.3) is 0 Å². The third kappa shape index (κ3) is 4.19. The number of hydrogen-bond donors (Lipinski definition) is 0. The molecule has 2 saturated heterocycles. The summed E-state index contributed by atoms with van der Waals surface area (Å²) in [5.74, 6) is -0.316. The van der Waals surface area contributed by atoms with Crippen molar-refractivity contribution in [2.45, 2.75) is 32.2 Å². The maximum atomic E-state index is 14.3. The monoisotopic (exact) mass is 492 g/mol. The zero-order valence-electron chi connectivity index (χ0n) is 21.0. The van der Waals surface area contributed by atoms with Gasteiger partial charge in [-0.15, -0.1) is 0 Å². The van der Waals surface area contributed by atoms with Gasteiger partial charge in [0.05, 0.1) is 29.7 Å². The van der Waals surface area contributed by atoms with Crippen LogP contribution in [0.15, 0.2) is 36.7 Å². The van der Waals surface area contributed by atoms with Gasteiger partial charge in [-0.25, -0.2) is 9.18 Å². The lowest BCUT2D eigenvalue weighted by Crippen LogP contribution is -2.58. The van der Waals surface area contributed by atoms with E-state index in [0.717, 1.165) is 73.5 Å². The van der Waals surface area contributed by atoms with Crippen LogP contribution in [0.3, 0.4) is 0 Å². The van der Waals surface area contributed by atoms with Crippen molar-refractivity contribution in [1.29, 1.82) is 0 Å². The van der Waals surface area contributed by atoms with E-state index < -0.39 is 0 Å². The van der Waals surface area contributed by atoms with Crippen molar-refractivity contribution in [2.24, 2.45) is 12.5 Å². The molecule has 8 nitrogen and oxygen atoms in total. The van der Waals surface area contributed by atoms with Gasteiger partial charge in [-0.1, -0.05) is 12.1 Å². The minimum Gasteiger partial charge on any atom is -0.450 e. The zero-order chi connectivity index (χ0) is 24.9. The maximum absolute atomic E-state index is 14.3. The van der Waals surface area contributed by atoms with Crippen molar-refractivity contribution in [3.05, 3.63) is 42.5 Å². The van der Waals surface area contributed by atoms with Crippen LogP contribution in [0.4, 0.5) is 14.9 Å². The number of pyridine rings is 1. The van der Waals surface area contributed by atoms with Gasteiger partial charge in [0.1, 0.15) is 5.82 Å². The first-order valence-corrected chi connectivity index (χ1v) is 12.9. The molecule has 1 aliphatic carbocycles. The van der Waals surface area contributed by atoms with Gasteiger partial charge in [-0.2, -0.15) is 5.10 Å². The smallest absolute Gasteiger partial charge is 0.409 e. The van der Waals surface area contributed by atoms with Gasteiger partial charge in [0.2, 0.25) is 0 Å². The Hall–Kier alpha value is -3.20. The fourth-order valence-electron chi connectivity index (χ4n) is 6.39. The van der Waals surface area contributed by atoms with E-state index in [1.54, 1.807) is 10.7 Å². The summed E-state index contributed by atoms with van der Waals surface area (Å²) in [7, 11) is 1.91. The van der Waals surface area contributed by atoms with Gasteiger partial charge in [0.15, 0.2) is 0 Å². The topological polar surface area (TPSA) is 66.7 Å². The fraction of sp³-hybridized carbons (Fsp3) is 0.519. The first-order valence-electron chi connectivity index (χ1n) is 12.9. The summed E-state index contributed by atoms with van der Waals surface area (Å²) in [6.45, 7) is 7.47. The quantitative estimate of drug-likeness (QED) is 0.550. The molecule has 2 aromatic heterocycles. The molecule has 190 valence electrons. The van der Waals surface area contributed by atoms with Gasteiger partial charge in [-0.3, -0.25) is 14.6 Å². The van der Waals surface area contributed by atoms with Gasteiger partial charge in [-0.05, 0) is 32.3 Å². The standard InChI is InChI=1S/C27H33FN6O2/c1-3-36-26(35)34-17-27(18-34)7-6-22(14-27)32-8-10-33(11-9-32)24-13-21(28)15-29-25(24)19-4-5-20-16-31(2)30-23(20)12-19/h4-5,12-13,15-16,22H,3,6-11,14,17-18H2,1-2H3/t22-/m1/s1. The van der Waals surface area contributed by atoms with Crippen LogP contribution in [0.25, 0.3) is 22.2 Å². The number of aryl methyl sites for hydroxylation is 1.